The molecule has 0 saturated carbocycles. The van der Waals surface area contributed by atoms with Crippen molar-refractivity contribution in [3.05, 3.63) is 48.0 Å². The highest BCUT2D eigenvalue weighted by molar-refractivity contribution is 5.78. The van der Waals surface area contributed by atoms with E-state index in [-0.39, 0.29) is 11.8 Å². The van der Waals surface area contributed by atoms with Crippen molar-refractivity contribution in [1.82, 2.24) is 19.8 Å². The molecule has 3 rings (SSSR count). The number of hydrogen-bond acceptors (Lipinski definition) is 5. The van der Waals surface area contributed by atoms with Crippen LogP contribution in [0.2, 0.25) is 0 Å². The maximum Gasteiger partial charge on any atom is 0.234 e. The molecule has 1 fully saturated rings. The molecule has 7 nitrogen and oxygen atoms in total. The number of likely N-dealkylation sites (tertiary alicyclic amines) is 1. The van der Waals surface area contributed by atoms with Crippen LogP contribution >= 0.6 is 0 Å². The fraction of sp³-hybridized carbons (Fsp3) is 0.500. The first kappa shape index (κ1) is 19.4. The van der Waals surface area contributed by atoms with E-state index in [1.54, 1.807) is 13.3 Å². The highest BCUT2D eigenvalue weighted by Crippen LogP contribution is 2.29. The van der Waals surface area contributed by atoms with Crippen molar-refractivity contribution in [3.63, 3.8) is 0 Å². The van der Waals surface area contributed by atoms with E-state index in [2.05, 4.69) is 15.2 Å². The average Bonchev–Trinajstić information content (AvgIpc) is 3.12. The van der Waals surface area contributed by atoms with Crippen LogP contribution in [0.3, 0.4) is 0 Å². The molecule has 146 valence electrons. The number of aliphatic hydroxyl groups is 1. The van der Waals surface area contributed by atoms with Gasteiger partial charge < -0.3 is 19.7 Å². The predicted octanol–water partition coefficient (Wildman–Crippen LogP) is 1.49. The van der Waals surface area contributed by atoms with Crippen LogP contribution in [-0.2, 0) is 18.4 Å². The van der Waals surface area contributed by atoms with Gasteiger partial charge in [0.15, 0.2) is 0 Å². The second kappa shape index (κ2) is 9.01. The number of rotatable bonds is 7. The molecule has 0 spiro atoms. The van der Waals surface area contributed by atoms with Crippen molar-refractivity contribution in [1.29, 1.82) is 0 Å². The molecule has 1 amide bonds. The third-order valence-electron chi connectivity index (χ3n) is 5.22. The van der Waals surface area contributed by atoms with Gasteiger partial charge in [-0.1, -0.05) is 12.1 Å². The maximum atomic E-state index is 12.2. The first-order chi connectivity index (χ1) is 13.1. The van der Waals surface area contributed by atoms with Crippen LogP contribution in [0.4, 0.5) is 0 Å². The molecule has 1 aromatic heterocycles. The lowest BCUT2D eigenvalue weighted by atomic mass is 9.90. The minimum Gasteiger partial charge on any atom is -0.497 e. The number of nitrogens with one attached hydrogen (secondary N) is 1. The lowest BCUT2D eigenvalue weighted by Crippen LogP contribution is -2.42. The van der Waals surface area contributed by atoms with Crippen molar-refractivity contribution in [2.45, 2.75) is 25.5 Å². The van der Waals surface area contributed by atoms with E-state index in [9.17, 15) is 9.90 Å². The summed E-state index contributed by atoms with van der Waals surface area (Å²) in [5.41, 5.74) is 1.04. The molecule has 1 aliphatic heterocycles. The molecular formula is C20H28N4O3. The van der Waals surface area contributed by atoms with Crippen LogP contribution in [0.5, 0.6) is 5.75 Å². The number of carbonyl (C=O) groups is 1. The van der Waals surface area contributed by atoms with Crippen LogP contribution in [0, 0.1) is 5.92 Å². The summed E-state index contributed by atoms with van der Waals surface area (Å²) in [6.07, 6.45) is 4.73. The van der Waals surface area contributed by atoms with Gasteiger partial charge in [0, 0.05) is 26.0 Å². The first-order valence-electron chi connectivity index (χ1n) is 9.34. The zero-order valence-electron chi connectivity index (χ0n) is 16.0. The van der Waals surface area contributed by atoms with Gasteiger partial charge in [-0.2, -0.15) is 0 Å². The number of methoxy groups -OCH3 is 1. The number of carbonyl (C=O) groups excluding carboxylic acids is 1. The number of aliphatic hydroxyl groups excluding tert-OH is 1. The number of hydrogen-bond donors (Lipinski definition) is 2. The Labute approximate surface area is 160 Å². The van der Waals surface area contributed by atoms with Gasteiger partial charge in [0.25, 0.3) is 0 Å². The number of aryl methyl sites for hydroxylation is 1. The summed E-state index contributed by atoms with van der Waals surface area (Å²) in [6, 6.07) is 7.67. The number of piperidine rings is 1. The monoisotopic (exact) mass is 372 g/mol. The van der Waals surface area contributed by atoms with Gasteiger partial charge in [-0.25, -0.2) is 4.98 Å². The molecule has 0 aliphatic carbocycles. The van der Waals surface area contributed by atoms with Crippen molar-refractivity contribution in [2.75, 3.05) is 26.7 Å². The van der Waals surface area contributed by atoms with E-state index >= 15 is 0 Å². The van der Waals surface area contributed by atoms with E-state index in [0.29, 0.717) is 18.9 Å². The van der Waals surface area contributed by atoms with Crippen molar-refractivity contribution in [2.24, 2.45) is 13.0 Å². The van der Waals surface area contributed by atoms with Crippen molar-refractivity contribution in [3.8, 4) is 5.75 Å². The highest BCUT2D eigenvalue weighted by Gasteiger charge is 2.28. The third kappa shape index (κ3) is 5.08. The van der Waals surface area contributed by atoms with E-state index in [4.69, 9.17) is 4.74 Å². The Morgan fingerprint density at radius 3 is 2.63 bits per heavy atom. The highest BCUT2D eigenvalue weighted by atomic mass is 16.5. The normalized spacial score (nSPS) is 16.9. The van der Waals surface area contributed by atoms with E-state index in [1.807, 2.05) is 42.1 Å². The second-order valence-corrected chi connectivity index (χ2v) is 7.08. The van der Waals surface area contributed by atoms with Gasteiger partial charge in [-0.15, -0.1) is 0 Å². The summed E-state index contributed by atoms with van der Waals surface area (Å²) in [5.74, 6) is 1.73. The lowest BCUT2D eigenvalue weighted by molar-refractivity contribution is -0.122. The van der Waals surface area contributed by atoms with Crippen LogP contribution in [0.1, 0.15) is 30.3 Å². The quantitative estimate of drug-likeness (QED) is 0.770. The molecule has 2 N–H and O–H groups in total. The fourth-order valence-electron chi connectivity index (χ4n) is 3.50. The summed E-state index contributed by atoms with van der Waals surface area (Å²) in [4.78, 5) is 18.6. The number of aromatic nitrogens is 2. The van der Waals surface area contributed by atoms with Crippen LogP contribution in [0.25, 0.3) is 0 Å². The molecule has 0 unspecified atom stereocenters. The topological polar surface area (TPSA) is 79.6 Å². The van der Waals surface area contributed by atoms with Crippen molar-refractivity contribution >= 4 is 5.91 Å². The molecule has 27 heavy (non-hydrogen) atoms. The smallest absolute Gasteiger partial charge is 0.234 e. The Kier molecular flexibility index (Phi) is 6.47. The van der Waals surface area contributed by atoms with Gasteiger partial charge in [0.1, 0.15) is 17.7 Å². The lowest BCUT2D eigenvalue weighted by Gasteiger charge is -2.33. The Morgan fingerprint density at radius 1 is 1.33 bits per heavy atom. The molecule has 7 heteroatoms. The van der Waals surface area contributed by atoms with Gasteiger partial charge in [-0.05, 0) is 49.5 Å². The Morgan fingerprint density at radius 2 is 2.04 bits per heavy atom. The molecule has 1 aromatic carbocycles. The zero-order valence-corrected chi connectivity index (χ0v) is 16.0. The number of benzene rings is 1. The standard InChI is InChI=1S/C20H28N4O3/c1-23-12-9-21-20(23)19(26)16-7-10-24(11-8-16)14-18(25)22-13-15-3-5-17(27-2)6-4-15/h3-6,9,12,16,19,26H,7-8,10-11,13-14H2,1-2H3,(H,22,25)/t19-/m0/s1. The zero-order chi connectivity index (χ0) is 19.2. The van der Waals surface area contributed by atoms with Crippen LogP contribution in [0.15, 0.2) is 36.7 Å². The minimum absolute atomic E-state index is 0.0221. The van der Waals surface area contributed by atoms with Gasteiger partial charge in [0.2, 0.25) is 5.91 Å². The molecule has 2 heterocycles. The summed E-state index contributed by atoms with van der Waals surface area (Å²) in [7, 11) is 3.53. The summed E-state index contributed by atoms with van der Waals surface area (Å²) < 4.78 is 7.00. The first-order valence-corrected chi connectivity index (χ1v) is 9.34. The fourth-order valence-corrected chi connectivity index (χ4v) is 3.50. The number of nitrogens with zero attached hydrogens (tertiary/aromatic N) is 3. The van der Waals surface area contributed by atoms with Crippen LogP contribution in [-0.4, -0.2) is 52.2 Å². The largest absolute Gasteiger partial charge is 0.497 e. The van der Waals surface area contributed by atoms with E-state index in [0.717, 1.165) is 37.2 Å². The molecule has 1 atom stereocenters. The van der Waals surface area contributed by atoms with Gasteiger partial charge in [-0.3, -0.25) is 9.69 Å². The van der Waals surface area contributed by atoms with Gasteiger partial charge in [0.05, 0.1) is 13.7 Å². The summed E-state index contributed by atoms with van der Waals surface area (Å²) in [5, 5.41) is 13.5. The molecule has 0 radical (unpaired) electrons. The Bertz CT molecular complexity index is 736. The van der Waals surface area contributed by atoms with E-state index < -0.39 is 6.10 Å². The molecule has 1 aliphatic rings. The predicted molar refractivity (Wildman–Crippen MR) is 102 cm³/mol. The molecular weight excluding hydrogens is 344 g/mol. The number of amides is 1. The molecule has 1 saturated heterocycles. The van der Waals surface area contributed by atoms with Gasteiger partial charge >= 0.3 is 0 Å². The number of ether oxygens (including phenoxy) is 1. The van der Waals surface area contributed by atoms with Crippen LogP contribution < -0.4 is 10.1 Å². The SMILES string of the molecule is COc1ccc(CNC(=O)CN2CCC([C@H](O)c3nccn3C)CC2)cc1. The van der Waals surface area contributed by atoms with Crippen molar-refractivity contribution < 1.29 is 14.6 Å². The summed E-state index contributed by atoms with van der Waals surface area (Å²) in [6.45, 7) is 2.52. The average molecular weight is 372 g/mol. The molecule has 0 bridgehead atoms. The Hall–Kier alpha value is -2.38. The third-order valence-corrected chi connectivity index (χ3v) is 5.22. The maximum absolute atomic E-state index is 12.2. The second-order valence-electron chi connectivity index (χ2n) is 7.08. The minimum atomic E-state index is -0.545. The molecule has 2 aromatic rings. The van der Waals surface area contributed by atoms with E-state index in [1.165, 1.54) is 0 Å². The number of imidazole rings is 1. The summed E-state index contributed by atoms with van der Waals surface area (Å²) >= 11 is 0. The Balaban J connectivity index is 1.40.